The maximum absolute atomic E-state index is 12.8. The summed E-state index contributed by atoms with van der Waals surface area (Å²) >= 11 is 0. The summed E-state index contributed by atoms with van der Waals surface area (Å²) in [5.41, 5.74) is 1.39. The number of cyclic esters (lactones) is 1. The van der Waals surface area contributed by atoms with E-state index in [0.717, 1.165) is 11.1 Å². The average molecular weight is 413 g/mol. The van der Waals surface area contributed by atoms with Crippen LogP contribution >= 0.6 is 0 Å². The van der Waals surface area contributed by atoms with E-state index in [9.17, 15) is 4.79 Å². The van der Waals surface area contributed by atoms with Crippen molar-refractivity contribution in [1.82, 2.24) is 15.0 Å². The van der Waals surface area contributed by atoms with Crippen LogP contribution in [-0.4, -0.2) is 45.1 Å². The number of hydrogen-bond acceptors (Lipinski definition) is 7. The smallest absolute Gasteiger partial charge is 0.452 e. The number of nitrogens with zero attached hydrogens (tertiary/aromatic N) is 3. The Morgan fingerprint density at radius 3 is 2.30 bits per heavy atom. The molecule has 1 aromatic carbocycles. The van der Waals surface area contributed by atoms with Crippen molar-refractivity contribution in [3.05, 3.63) is 41.2 Å². The van der Waals surface area contributed by atoms with Gasteiger partial charge in [0.2, 0.25) is 5.79 Å². The quantitative estimate of drug-likeness (QED) is 0.550. The Balaban J connectivity index is 1.61. The molecule has 2 aromatic rings. The van der Waals surface area contributed by atoms with Gasteiger partial charge >= 0.3 is 13.1 Å². The summed E-state index contributed by atoms with van der Waals surface area (Å²) in [7, 11) is -0.316. The van der Waals surface area contributed by atoms with E-state index in [2.05, 4.69) is 10.3 Å². The molecule has 0 spiro atoms. The average Bonchev–Trinajstić information content (AvgIpc) is 3.18. The third kappa shape index (κ3) is 3.84. The van der Waals surface area contributed by atoms with E-state index in [-0.39, 0.29) is 18.3 Å². The number of ether oxygens (including phenoxy) is 2. The van der Waals surface area contributed by atoms with Gasteiger partial charge in [0, 0.05) is 20.0 Å². The van der Waals surface area contributed by atoms with E-state index >= 15 is 0 Å². The van der Waals surface area contributed by atoms with Gasteiger partial charge < -0.3 is 18.8 Å². The lowest BCUT2D eigenvalue weighted by Crippen LogP contribution is -2.41. The van der Waals surface area contributed by atoms with Crippen molar-refractivity contribution in [2.24, 2.45) is 0 Å². The standard InChI is InChI=1S/C21H28BN3O5/c1-19(2)20(3,4)30-22(29-19)10-9-14-7-8-15(13-25-12-11-23-24-25)16-17(14)27-21(5,6)28-18(16)26/h7-8,11-12H,9-10,13H2,1-6H3. The van der Waals surface area contributed by atoms with Gasteiger partial charge in [-0.15, -0.1) is 5.10 Å². The molecule has 3 heterocycles. The molecule has 4 rings (SSSR count). The fourth-order valence-corrected chi connectivity index (χ4v) is 3.72. The third-order valence-corrected chi connectivity index (χ3v) is 5.97. The summed E-state index contributed by atoms with van der Waals surface area (Å²) in [5, 5.41) is 7.82. The van der Waals surface area contributed by atoms with E-state index < -0.39 is 11.8 Å². The van der Waals surface area contributed by atoms with Gasteiger partial charge in [-0.25, -0.2) is 9.48 Å². The van der Waals surface area contributed by atoms with Crippen LogP contribution in [0.5, 0.6) is 5.75 Å². The summed E-state index contributed by atoms with van der Waals surface area (Å²) in [5.74, 6) is -0.867. The molecule has 0 amide bonds. The van der Waals surface area contributed by atoms with Crippen molar-refractivity contribution in [2.75, 3.05) is 0 Å². The molecule has 0 aliphatic carbocycles. The van der Waals surface area contributed by atoms with Gasteiger partial charge in [0.25, 0.3) is 0 Å². The Morgan fingerprint density at radius 2 is 1.67 bits per heavy atom. The monoisotopic (exact) mass is 413 g/mol. The van der Waals surface area contributed by atoms with Gasteiger partial charge in [0.15, 0.2) is 0 Å². The highest BCUT2D eigenvalue weighted by molar-refractivity contribution is 6.45. The highest BCUT2D eigenvalue weighted by Crippen LogP contribution is 2.40. The minimum Gasteiger partial charge on any atom is -0.452 e. The van der Waals surface area contributed by atoms with E-state index in [0.29, 0.717) is 30.6 Å². The molecule has 0 radical (unpaired) electrons. The van der Waals surface area contributed by atoms with E-state index in [1.54, 1.807) is 30.9 Å². The van der Waals surface area contributed by atoms with Crippen molar-refractivity contribution in [3.8, 4) is 5.75 Å². The van der Waals surface area contributed by atoms with Crippen molar-refractivity contribution in [3.63, 3.8) is 0 Å². The van der Waals surface area contributed by atoms with Crippen LogP contribution in [0.4, 0.5) is 0 Å². The largest absolute Gasteiger partial charge is 0.458 e. The van der Waals surface area contributed by atoms with Crippen molar-refractivity contribution < 1.29 is 23.6 Å². The predicted molar refractivity (Wildman–Crippen MR) is 110 cm³/mol. The van der Waals surface area contributed by atoms with Crippen LogP contribution in [0.1, 0.15) is 63.0 Å². The number of benzene rings is 1. The number of aromatic nitrogens is 3. The number of carbonyl (C=O) groups is 1. The molecule has 0 unspecified atom stereocenters. The number of hydrogen-bond donors (Lipinski definition) is 0. The Bertz CT molecular complexity index is 940. The molecule has 0 saturated carbocycles. The first-order chi connectivity index (χ1) is 14.0. The lowest BCUT2D eigenvalue weighted by atomic mass is 9.81. The number of aryl methyl sites for hydroxylation is 1. The molecule has 9 heteroatoms. The predicted octanol–water partition coefficient (Wildman–Crippen LogP) is 3.25. The van der Waals surface area contributed by atoms with Gasteiger partial charge in [-0.2, -0.15) is 0 Å². The summed E-state index contributed by atoms with van der Waals surface area (Å²) in [4.78, 5) is 12.8. The SMILES string of the molecule is CC1(C)OC(=O)c2c(Cn3ccnn3)ccc(CCB3OC(C)(C)C(C)(C)O3)c2O1. The Morgan fingerprint density at radius 1 is 1.00 bits per heavy atom. The third-order valence-electron chi connectivity index (χ3n) is 5.97. The number of esters is 1. The van der Waals surface area contributed by atoms with E-state index in [1.165, 1.54) is 0 Å². The van der Waals surface area contributed by atoms with Crippen molar-refractivity contribution in [2.45, 2.75) is 77.8 Å². The normalized spacial score (nSPS) is 21.1. The van der Waals surface area contributed by atoms with Crippen LogP contribution in [0, 0.1) is 0 Å². The maximum atomic E-state index is 12.8. The first kappa shape index (κ1) is 20.9. The Hall–Kier alpha value is -2.39. The molecule has 0 N–H and O–H groups in total. The first-order valence-electron chi connectivity index (χ1n) is 10.2. The van der Waals surface area contributed by atoms with Crippen LogP contribution in [0.3, 0.4) is 0 Å². The Kier molecular flexibility index (Phi) is 4.94. The fraction of sp³-hybridized carbons (Fsp3) is 0.571. The molecule has 1 aromatic heterocycles. The molecular formula is C21H28BN3O5. The molecule has 160 valence electrons. The van der Waals surface area contributed by atoms with Crippen LogP contribution in [0.15, 0.2) is 24.5 Å². The van der Waals surface area contributed by atoms with Crippen LogP contribution < -0.4 is 4.74 Å². The zero-order valence-electron chi connectivity index (χ0n) is 18.4. The molecule has 0 bridgehead atoms. The van der Waals surface area contributed by atoms with E-state index in [1.807, 2.05) is 39.8 Å². The Labute approximate surface area is 177 Å². The second-order valence-corrected chi connectivity index (χ2v) is 9.30. The summed E-state index contributed by atoms with van der Waals surface area (Å²) < 4.78 is 25.5. The molecule has 1 saturated heterocycles. The zero-order valence-corrected chi connectivity index (χ0v) is 18.4. The zero-order chi connectivity index (χ0) is 21.7. The molecule has 8 nitrogen and oxygen atoms in total. The number of fused-ring (bicyclic) bond motifs is 1. The molecule has 30 heavy (non-hydrogen) atoms. The van der Waals surface area contributed by atoms with Crippen LogP contribution in [0.2, 0.25) is 6.32 Å². The molecule has 2 aliphatic rings. The van der Waals surface area contributed by atoms with Gasteiger partial charge in [-0.3, -0.25) is 0 Å². The molecule has 2 aliphatic heterocycles. The molecule has 0 atom stereocenters. The van der Waals surface area contributed by atoms with Gasteiger partial charge in [0.05, 0.1) is 23.9 Å². The first-order valence-corrected chi connectivity index (χ1v) is 10.2. The van der Waals surface area contributed by atoms with Crippen molar-refractivity contribution in [1.29, 1.82) is 0 Å². The van der Waals surface area contributed by atoms with E-state index in [4.69, 9.17) is 18.8 Å². The van der Waals surface area contributed by atoms with Gasteiger partial charge in [0.1, 0.15) is 11.3 Å². The molecule has 1 fully saturated rings. The highest BCUT2D eigenvalue weighted by Gasteiger charge is 2.50. The summed E-state index contributed by atoms with van der Waals surface area (Å²) in [6, 6.07) is 3.91. The molecular weight excluding hydrogens is 385 g/mol. The van der Waals surface area contributed by atoms with Gasteiger partial charge in [-0.05, 0) is 51.6 Å². The maximum Gasteiger partial charge on any atom is 0.458 e. The van der Waals surface area contributed by atoms with Crippen molar-refractivity contribution >= 4 is 13.1 Å². The second kappa shape index (κ2) is 7.09. The lowest BCUT2D eigenvalue weighted by molar-refractivity contribution is -0.128. The van der Waals surface area contributed by atoms with Gasteiger partial charge in [-0.1, -0.05) is 17.3 Å². The fourth-order valence-electron chi connectivity index (χ4n) is 3.72. The summed E-state index contributed by atoms with van der Waals surface area (Å²) in [6.45, 7) is 12.0. The number of carbonyl (C=O) groups excluding carboxylic acids is 1. The highest BCUT2D eigenvalue weighted by atomic mass is 16.7. The van der Waals surface area contributed by atoms with Crippen LogP contribution in [0.25, 0.3) is 0 Å². The second-order valence-electron chi connectivity index (χ2n) is 9.30. The topological polar surface area (TPSA) is 84.7 Å². The lowest BCUT2D eigenvalue weighted by Gasteiger charge is -2.34. The van der Waals surface area contributed by atoms with Crippen LogP contribution in [-0.2, 0) is 27.0 Å². The minimum atomic E-state index is -1.03. The summed E-state index contributed by atoms with van der Waals surface area (Å²) in [6.07, 6.45) is 4.65. The minimum absolute atomic E-state index is 0.316. The number of rotatable bonds is 5.